The number of nitrogens with one attached hydrogen (secondary N) is 2. The van der Waals surface area contributed by atoms with Crippen LogP contribution in [0.15, 0.2) is 48.5 Å². The van der Waals surface area contributed by atoms with Crippen molar-refractivity contribution in [1.29, 1.82) is 0 Å². The van der Waals surface area contributed by atoms with Gasteiger partial charge in [-0.25, -0.2) is 4.39 Å². The highest BCUT2D eigenvalue weighted by Crippen LogP contribution is 2.30. The summed E-state index contributed by atoms with van der Waals surface area (Å²) < 4.78 is 13.2. The molecule has 0 bridgehead atoms. The lowest BCUT2D eigenvalue weighted by molar-refractivity contribution is -0.115. The fourth-order valence-corrected chi connectivity index (χ4v) is 2.68. The van der Waals surface area contributed by atoms with E-state index in [0.717, 1.165) is 22.4 Å². The van der Waals surface area contributed by atoms with Gasteiger partial charge in [0.1, 0.15) is 5.82 Å². The Hall–Kier alpha value is -2.95. The van der Waals surface area contributed by atoms with Crippen LogP contribution in [0.2, 0.25) is 0 Å². The number of hydrogen-bond acceptors (Lipinski definition) is 2. The van der Waals surface area contributed by atoms with E-state index in [1.807, 2.05) is 38.1 Å². The van der Waals surface area contributed by atoms with Gasteiger partial charge >= 0.3 is 0 Å². The Bertz CT molecular complexity index is 886. The number of aryl methyl sites for hydroxylation is 2. The molecule has 1 aromatic heterocycles. The van der Waals surface area contributed by atoms with Crippen LogP contribution in [0.4, 0.5) is 10.2 Å². The topological polar surface area (TPSA) is 57.8 Å². The zero-order valence-corrected chi connectivity index (χ0v) is 13.6. The Labute approximate surface area is 139 Å². The highest BCUT2D eigenvalue weighted by atomic mass is 19.1. The maximum Gasteiger partial charge on any atom is 0.230 e. The first kappa shape index (κ1) is 15.9. The molecular weight excluding hydrogens is 305 g/mol. The molecule has 0 aliphatic carbocycles. The van der Waals surface area contributed by atoms with Crippen molar-refractivity contribution in [2.24, 2.45) is 0 Å². The average molecular weight is 323 g/mol. The van der Waals surface area contributed by atoms with E-state index in [1.165, 1.54) is 12.1 Å². The van der Waals surface area contributed by atoms with E-state index >= 15 is 0 Å². The second kappa shape index (κ2) is 6.66. The first-order valence-corrected chi connectivity index (χ1v) is 7.69. The van der Waals surface area contributed by atoms with Crippen LogP contribution in [0.3, 0.4) is 0 Å². The van der Waals surface area contributed by atoms with Gasteiger partial charge in [0.25, 0.3) is 0 Å². The van der Waals surface area contributed by atoms with Crippen LogP contribution in [0.25, 0.3) is 11.1 Å². The molecule has 3 aromatic rings. The normalized spacial score (nSPS) is 10.6. The number of carbonyl (C=O) groups excluding carboxylic acids is 1. The molecule has 5 heteroatoms. The molecule has 24 heavy (non-hydrogen) atoms. The summed E-state index contributed by atoms with van der Waals surface area (Å²) in [6.45, 7) is 3.92. The molecule has 0 unspecified atom stereocenters. The van der Waals surface area contributed by atoms with Crippen LogP contribution in [0.1, 0.15) is 16.8 Å². The van der Waals surface area contributed by atoms with E-state index in [0.29, 0.717) is 11.4 Å². The smallest absolute Gasteiger partial charge is 0.230 e. The van der Waals surface area contributed by atoms with Crippen molar-refractivity contribution in [3.8, 4) is 11.1 Å². The number of aromatic nitrogens is 2. The van der Waals surface area contributed by atoms with Crippen molar-refractivity contribution >= 4 is 11.7 Å². The number of nitrogens with zero attached hydrogens (tertiary/aromatic N) is 1. The van der Waals surface area contributed by atoms with Crippen LogP contribution in [0, 0.1) is 19.7 Å². The third kappa shape index (κ3) is 3.51. The van der Waals surface area contributed by atoms with Crippen LogP contribution < -0.4 is 5.32 Å². The molecule has 4 nitrogen and oxygen atoms in total. The van der Waals surface area contributed by atoms with E-state index in [2.05, 4.69) is 15.5 Å². The lowest BCUT2D eigenvalue weighted by atomic mass is 10.0. The van der Waals surface area contributed by atoms with Gasteiger partial charge in [-0.15, -0.1) is 0 Å². The summed E-state index contributed by atoms with van der Waals surface area (Å²) in [5.74, 6) is -0.100. The number of carbonyl (C=O) groups is 1. The van der Waals surface area contributed by atoms with Crippen molar-refractivity contribution in [2.45, 2.75) is 20.3 Å². The van der Waals surface area contributed by atoms with Crippen molar-refractivity contribution in [3.63, 3.8) is 0 Å². The molecule has 3 rings (SSSR count). The summed E-state index contributed by atoms with van der Waals surface area (Å²) in [4.78, 5) is 12.3. The predicted molar refractivity (Wildman–Crippen MR) is 92.2 cm³/mol. The monoisotopic (exact) mass is 323 g/mol. The van der Waals surface area contributed by atoms with Gasteiger partial charge < -0.3 is 5.32 Å². The molecule has 0 saturated heterocycles. The van der Waals surface area contributed by atoms with Crippen molar-refractivity contribution < 1.29 is 9.18 Å². The summed E-state index contributed by atoms with van der Waals surface area (Å²) in [5.41, 5.74) is 4.48. The highest BCUT2D eigenvalue weighted by molar-refractivity contribution is 5.95. The molecule has 0 spiro atoms. The average Bonchev–Trinajstić information content (AvgIpc) is 2.87. The van der Waals surface area contributed by atoms with E-state index in [4.69, 9.17) is 0 Å². The largest absolute Gasteiger partial charge is 0.308 e. The number of amides is 1. The molecule has 2 N–H and O–H groups in total. The van der Waals surface area contributed by atoms with Crippen molar-refractivity contribution in [2.75, 3.05) is 5.32 Å². The number of hydrogen-bond donors (Lipinski definition) is 2. The number of H-pyrrole nitrogens is 1. The molecule has 1 heterocycles. The Morgan fingerprint density at radius 1 is 1.17 bits per heavy atom. The van der Waals surface area contributed by atoms with Gasteiger partial charge in [0, 0.05) is 11.3 Å². The van der Waals surface area contributed by atoms with Crippen LogP contribution in [0.5, 0.6) is 0 Å². The Morgan fingerprint density at radius 3 is 2.71 bits per heavy atom. The highest BCUT2D eigenvalue weighted by Gasteiger charge is 2.15. The molecule has 0 fully saturated rings. The van der Waals surface area contributed by atoms with Crippen LogP contribution in [-0.2, 0) is 11.2 Å². The van der Waals surface area contributed by atoms with E-state index in [1.54, 1.807) is 12.1 Å². The van der Waals surface area contributed by atoms with Gasteiger partial charge in [-0.05, 0) is 37.1 Å². The van der Waals surface area contributed by atoms with Crippen molar-refractivity contribution in [3.05, 3.63) is 71.2 Å². The molecule has 0 atom stereocenters. The third-order valence-electron chi connectivity index (χ3n) is 3.77. The Balaban J connectivity index is 1.82. The number of benzene rings is 2. The van der Waals surface area contributed by atoms with Crippen molar-refractivity contribution in [1.82, 2.24) is 10.2 Å². The second-order valence-corrected chi connectivity index (χ2v) is 5.80. The first-order chi connectivity index (χ1) is 11.5. The summed E-state index contributed by atoms with van der Waals surface area (Å²) in [7, 11) is 0. The predicted octanol–water partition coefficient (Wildman–Crippen LogP) is 4.01. The summed E-state index contributed by atoms with van der Waals surface area (Å²) in [5, 5.41) is 9.91. The zero-order valence-electron chi connectivity index (χ0n) is 13.6. The Kier molecular flexibility index (Phi) is 4.42. The van der Waals surface area contributed by atoms with E-state index < -0.39 is 0 Å². The summed E-state index contributed by atoms with van der Waals surface area (Å²) >= 11 is 0. The molecule has 2 aromatic carbocycles. The lowest BCUT2D eigenvalue weighted by Crippen LogP contribution is -2.15. The fourth-order valence-electron chi connectivity index (χ4n) is 2.68. The maximum absolute atomic E-state index is 13.2. The molecular formula is C19H18FN3O. The fraction of sp³-hybridized carbons (Fsp3) is 0.158. The lowest BCUT2D eigenvalue weighted by Gasteiger charge is -2.07. The van der Waals surface area contributed by atoms with Gasteiger partial charge in [0.05, 0.1) is 6.42 Å². The quantitative estimate of drug-likeness (QED) is 0.762. The SMILES string of the molecule is Cc1cccc(-c2c(NC(=O)Cc3cccc(F)c3)n[nH]c2C)c1. The number of rotatable bonds is 4. The number of halogens is 1. The van der Waals surface area contributed by atoms with E-state index in [-0.39, 0.29) is 18.1 Å². The van der Waals surface area contributed by atoms with Gasteiger partial charge in [-0.1, -0.05) is 42.0 Å². The van der Waals surface area contributed by atoms with Gasteiger partial charge in [-0.2, -0.15) is 5.10 Å². The minimum absolute atomic E-state index is 0.0942. The minimum Gasteiger partial charge on any atom is -0.308 e. The summed E-state index contributed by atoms with van der Waals surface area (Å²) in [6, 6.07) is 14.0. The molecule has 0 aliphatic heterocycles. The number of anilines is 1. The summed E-state index contributed by atoms with van der Waals surface area (Å²) in [6.07, 6.45) is 0.0942. The molecule has 122 valence electrons. The van der Waals surface area contributed by atoms with E-state index in [9.17, 15) is 9.18 Å². The zero-order chi connectivity index (χ0) is 17.1. The van der Waals surface area contributed by atoms with Gasteiger partial charge in [0.2, 0.25) is 5.91 Å². The second-order valence-electron chi connectivity index (χ2n) is 5.80. The molecule has 0 aliphatic rings. The number of aromatic amines is 1. The van der Waals surface area contributed by atoms with Crippen LogP contribution in [-0.4, -0.2) is 16.1 Å². The third-order valence-corrected chi connectivity index (χ3v) is 3.77. The minimum atomic E-state index is -0.351. The standard InChI is InChI=1S/C19H18FN3O/c1-12-5-3-7-15(9-12)18-13(2)22-23-19(18)21-17(24)11-14-6-4-8-16(20)10-14/h3-10H,11H2,1-2H3,(H2,21,22,23,24). The Morgan fingerprint density at radius 2 is 1.96 bits per heavy atom. The molecule has 0 radical (unpaired) electrons. The van der Waals surface area contributed by atoms with Crippen LogP contribution >= 0.6 is 0 Å². The van der Waals surface area contributed by atoms with Gasteiger partial charge in [-0.3, -0.25) is 9.89 Å². The van der Waals surface area contributed by atoms with Gasteiger partial charge in [0.15, 0.2) is 5.82 Å². The molecule has 1 amide bonds. The first-order valence-electron chi connectivity index (χ1n) is 7.69. The maximum atomic E-state index is 13.2. The molecule has 0 saturated carbocycles.